The molecule has 4 aromatic rings. The lowest BCUT2D eigenvalue weighted by Gasteiger charge is -2.28. The zero-order valence-electron chi connectivity index (χ0n) is 24.9. The molecule has 0 bridgehead atoms. The molecule has 0 amide bonds. The van der Waals surface area contributed by atoms with E-state index in [-0.39, 0.29) is 12.7 Å². The summed E-state index contributed by atoms with van der Waals surface area (Å²) < 4.78 is 33.3. The number of aryl methyl sites for hydroxylation is 1. The molecule has 0 fully saturated rings. The molecule has 0 saturated heterocycles. The summed E-state index contributed by atoms with van der Waals surface area (Å²) in [5, 5.41) is 12.9. The molecular formula is C31H36ClN5O6. The van der Waals surface area contributed by atoms with E-state index >= 15 is 0 Å². The number of aromatic nitrogens is 5. The number of carbonyl (C=O) groups excluding carboxylic acids is 1. The Bertz CT molecular complexity index is 1570. The van der Waals surface area contributed by atoms with Crippen molar-refractivity contribution in [2.45, 2.75) is 64.1 Å². The molecule has 12 heteroatoms. The molecule has 11 nitrogen and oxygen atoms in total. The standard InChI is InChI=1S/C31H36ClN5O6/c1-6-31(7-2,30(38)41-5)42-19-27-33-34-35-37(27)17-15-25-24-11-9-16-36(24)23-14-13-20(32)18-22(23)28(43-25)21-10-8-12-26(39-3)29(21)40-4/h8-14,16,18,25,28H,6-7,15,17,19H2,1-5H3/t25-,28-/m1/s1. The SMILES string of the molecule is CCC(CC)(OCc1nnnn1CC[C@H]1O[C@H](c2cccc(OC)c2OC)c2cc(Cl)ccc2-n2cccc21)C(=O)OC. The molecule has 0 N–H and O–H groups in total. The number of para-hydroxylation sites is 1. The van der Waals surface area contributed by atoms with Crippen LogP contribution in [0.3, 0.4) is 0 Å². The van der Waals surface area contributed by atoms with Crippen molar-refractivity contribution < 1.29 is 28.5 Å². The van der Waals surface area contributed by atoms with Crippen LogP contribution in [0.2, 0.25) is 5.02 Å². The monoisotopic (exact) mass is 609 g/mol. The highest BCUT2D eigenvalue weighted by molar-refractivity contribution is 6.30. The van der Waals surface area contributed by atoms with Gasteiger partial charge in [0.1, 0.15) is 18.8 Å². The molecule has 43 heavy (non-hydrogen) atoms. The van der Waals surface area contributed by atoms with Gasteiger partial charge in [-0.2, -0.15) is 0 Å². The average Bonchev–Trinajstić information content (AvgIpc) is 3.69. The van der Waals surface area contributed by atoms with Gasteiger partial charge in [0.2, 0.25) is 0 Å². The number of hydrogen-bond donors (Lipinski definition) is 0. The van der Waals surface area contributed by atoms with Crippen molar-refractivity contribution in [2.75, 3.05) is 21.3 Å². The number of fused-ring (bicyclic) bond motifs is 3. The number of rotatable bonds is 12. The second-order valence-corrected chi connectivity index (χ2v) is 10.6. The van der Waals surface area contributed by atoms with Crippen LogP contribution >= 0.6 is 11.6 Å². The number of methoxy groups -OCH3 is 3. The van der Waals surface area contributed by atoms with Crippen molar-refractivity contribution in [3.8, 4) is 17.2 Å². The fourth-order valence-electron chi connectivity index (χ4n) is 5.64. The molecule has 2 aromatic carbocycles. The summed E-state index contributed by atoms with van der Waals surface area (Å²) in [7, 11) is 4.59. The van der Waals surface area contributed by atoms with E-state index in [4.69, 9.17) is 35.3 Å². The van der Waals surface area contributed by atoms with Crippen molar-refractivity contribution in [1.82, 2.24) is 24.8 Å². The highest BCUT2D eigenvalue weighted by atomic mass is 35.5. The summed E-state index contributed by atoms with van der Waals surface area (Å²) in [6.45, 7) is 4.27. The summed E-state index contributed by atoms with van der Waals surface area (Å²) in [5.74, 6) is 1.28. The highest BCUT2D eigenvalue weighted by Crippen LogP contribution is 2.46. The first-order valence-electron chi connectivity index (χ1n) is 14.2. The maximum atomic E-state index is 12.5. The summed E-state index contributed by atoms with van der Waals surface area (Å²) in [4.78, 5) is 12.5. The molecule has 0 aliphatic carbocycles. The fraction of sp³-hybridized carbons (Fsp3) is 0.419. The van der Waals surface area contributed by atoms with Crippen LogP contribution in [-0.2, 0) is 32.2 Å². The van der Waals surface area contributed by atoms with Crippen LogP contribution < -0.4 is 9.47 Å². The summed E-state index contributed by atoms with van der Waals surface area (Å²) in [5.41, 5.74) is 2.58. The Morgan fingerprint density at radius 1 is 1.05 bits per heavy atom. The predicted octanol–water partition coefficient (Wildman–Crippen LogP) is 5.63. The fourth-order valence-corrected chi connectivity index (χ4v) is 5.82. The molecule has 5 rings (SSSR count). The van der Waals surface area contributed by atoms with Crippen LogP contribution in [0.4, 0.5) is 0 Å². The van der Waals surface area contributed by atoms with Gasteiger partial charge in [0, 0.05) is 28.9 Å². The molecule has 2 atom stereocenters. The van der Waals surface area contributed by atoms with E-state index in [2.05, 4.69) is 20.1 Å². The second-order valence-electron chi connectivity index (χ2n) is 10.2. The van der Waals surface area contributed by atoms with E-state index < -0.39 is 17.7 Å². The number of tetrazole rings is 1. The molecule has 0 saturated carbocycles. The first kappa shape index (κ1) is 30.5. The Kier molecular flexibility index (Phi) is 9.34. The van der Waals surface area contributed by atoms with Gasteiger partial charge < -0.3 is 28.3 Å². The molecule has 1 aliphatic heterocycles. The number of halogens is 1. The molecular weight excluding hydrogens is 574 g/mol. The zero-order chi connectivity index (χ0) is 30.6. The van der Waals surface area contributed by atoms with Crippen LogP contribution in [0.1, 0.15) is 68.0 Å². The minimum atomic E-state index is -1.06. The van der Waals surface area contributed by atoms with Crippen molar-refractivity contribution in [3.05, 3.63) is 82.4 Å². The molecule has 0 radical (unpaired) electrons. The van der Waals surface area contributed by atoms with Gasteiger partial charge >= 0.3 is 5.97 Å². The van der Waals surface area contributed by atoms with Gasteiger partial charge in [0.05, 0.1) is 32.7 Å². The van der Waals surface area contributed by atoms with E-state index in [1.54, 1.807) is 18.9 Å². The first-order chi connectivity index (χ1) is 20.9. The van der Waals surface area contributed by atoms with Gasteiger partial charge in [-0.1, -0.05) is 37.6 Å². The quantitative estimate of drug-likeness (QED) is 0.189. The minimum Gasteiger partial charge on any atom is -0.493 e. The molecule has 1 aliphatic rings. The van der Waals surface area contributed by atoms with Crippen molar-refractivity contribution in [2.24, 2.45) is 0 Å². The van der Waals surface area contributed by atoms with Crippen LogP contribution in [0.25, 0.3) is 5.69 Å². The average molecular weight is 610 g/mol. The van der Waals surface area contributed by atoms with Crippen molar-refractivity contribution >= 4 is 17.6 Å². The van der Waals surface area contributed by atoms with Crippen LogP contribution in [0.5, 0.6) is 11.5 Å². The van der Waals surface area contributed by atoms with Gasteiger partial charge in [-0.25, -0.2) is 9.48 Å². The minimum absolute atomic E-state index is 0.0548. The maximum absolute atomic E-state index is 12.5. The van der Waals surface area contributed by atoms with Crippen molar-refractivity contribution in [1.29, 1.82) is 0 Å². The largest absolute Gasteiger partial charge is 0.493 e. The second kappa shape index (κ2) is 13.2. The van der Waals surface area contributed by atoms with E-state index in [0.717, 1.165) is 22.5 Å². The van der Waals surface area contributed by atoms with E-state index in [0.29, 0.717) is 48.2 Å². The van der Waals surface area contributed by atoms with Gasteiger partial charge in [0.25, 0.3) is 0 Å². The maximum Gasteiger partial charge on any atom is 0.338 e. The third kappa shape index (κ3) is 5.84. The lowest BCUT2D eigenvalue weighted by molar-refractivity contribution is -0.173. The Labute approximate surface area is 255 Å². The topological polar surface area (TPSA) is 112 Å². The lowest BCUT2D eigenvalue weighted by Crippen LogP contribution is -2.41. The smallest absolute Gasteiger partial charge is 0.338 e. The Hall–Kier alpha value is -3.93. The molecule has 0 unspecified atom stereocenters. The highest BCUT2D eigenvalue weighted by Gasteiger charge is 2.38. The summed E-state index contributed by atoms with van der Waals surface area (Å²) >= 11 is 6.52. The van der Waals surface area contributed by atoms with Gasteiger partial charge in [-0.15, -0.1) is 5.10 Å². The Morgan fingerprint density at radius 2 is 1.86 bits per heavy atom. The van der Waals surface area contributed by atoms with Crippen molar-refractivity contribution in [3.63, 3.8) is 0 Å². The third-order valence-corrected chi connectivity index (χ3v) is 8.28. The first-order valence-corrected chi connectivity index (χ1v) is 14.6. The summed E-state index contributed by atoms with van der Waals surface area (Å²) in [6.07, 6.45) is 2.60. The number of benzene rings is 2. The van der Waals surface area contributed by atoms with E-state index in [1.807, 2.05) is 68.6 Å². The third-order valence-electron chi connectivity index (χ3n) is 8.04. The summed E-state index contributed by atoms with van der Waals surface area (Å²) in [6, 6.07) is 15.6. The van der Waals surface area contributed by atoms with E-state index in [1.165, 1.54) is 7.11 Å². The van der Waals surface area contributed by atoms with Gasteiger partial charge in [0.15, 0.2) is 22.9 Å². The molecule has 3 heterocycles. The number of hydrogen-bond acceptors (Lipinski definition) is 9. The number of nitrogens with zero attached hydrogens (tertiary/aromatic N) is 5. The van der Waals surface area contributed by atoms with Gasteiger partial charge in [-0.3, -0.25) is 0 Å². The Balaban J connectivity index is 1.46. The normalized spacial score (nSPS) is 16.2. The number of ether oxygens (including phenoxy) is 5. The van der Waals surface area contributed by atoms with E-state index in [9.17, 15) is 4.79 Å². The predicted molar refractivity (Wildman–Crippen MR) is 159 cm³/mol. The lowest BCUT2D eigenvalue weighted by atomic mass is 9.97. The molecule has 228 valence electrons. The Morgan fingerprint density at radius 3 is 2.58 bits per heavy atom. The molecule has 0 spiro atoms. The number of esters is 1. The van der Waals surface area contributed by atoms with Crippen LogP contribution in [0, 0.1) is 0 Å². The zero-order valence-corrected chi connectivity index (χ0v) is 25.7. The van der Waals surface area contributed by atoms with Crippen LogP contribution in [0.15, 0.2) is 54.7 Å². The van der Waals surface area contributed by atoms with Crippen LogP contribution in [-0.4, -0.2) is 57.7 Å². The van der Waals surface area contributed by atoms with Gasteiger partial charge in [-0.05, 0) is 66.1 Å². The molecule has 2 aromatic heterocycles. The number of carbonyl (C=O) groups is 1.